The summed E-state index contributed by atoms with van der Waals surface area (Å²) in [7, 11) is 4.34. The summed E-state index contributed by atoms with van der Waals surface area (Å²) < 4.78 is 0. The second-order valence-corrected chi connectivity index (χ2v) is 4.83. The van der Waals surface area contributed by atoms with Gasteiger partial charge in [-0.2, -0.15) is 12.6 Å². The van der Waals surface area contributed by atoms with Crippen molar-refractivity contribution in [2.45, 2.75) is 131 Å². The molecule has 1 fully saturated rings. The minimum Gasteiger partial charge on any atom is -0.481 e. The van der Waals surface area contributed by atoms with Crippen LogP contribution in [-0.2, 0) is 33.6 Å². The lowest BCUT2D eigenvalue weighted by molar-refractivity contribution is -0.195. The second kappa shape index (κ2) is 96.7. The highest BCUT2D eigenvalue weighted by atomic mass is 32.1. The van der Waals surface area contributed by atoms with Crippen LogP contribution >= 0.6 is 12.6 Å². The fraction of sp³-hybridized carbons (Fsp3) is 0.697. The molecule has 0 spiro atoms. The number of amides is 4. The Balaban J connectivity index is -0.0000000315. The Labute approximate surface area is 300 Å². The first-order chi connectivity index (χ1) is 22.9. The van der Waals surface area contributed by atoms with Crippen LogP contribution in [0.25, 0.3) is 10.4 Å². The highest BCUT2D eigenvalue weighted by molar-refractivity contribution is 7.79. The molecule has 0 radical (unpaired) electrons. The maximum absolute atomic E-state index is 10.7. The number of terminal acetylenes is 1. The highest BCUT2D eigenvalue weighted by Gasteiger charge is 2.31. The number of carbonyl (C=O) groups excluding carboxylic acids is 5. The van der Waals surface area contributed by atoms with Crippen LogP contribution < -0.4 is 5.73 Å². The van der Waals surface area contributed by atoms with Crippen molar-refractivity contribution in [1.82, 2.24) is 9.96 Å². The first kappa shape index (κ1) is 79.5. The number of carboxylic acids is 1. The van der Waals surface area contributed by atoms with Crippen LogP contribution in [0.5, 0.6) is 0 Å². The molecule has 0 saturated carbocycles. The summed E-state index contributed by atoms with van der Waals surface area (Å²) >= 11 is 3.53. The smallest absolute Gasteiger partial charge is 0.330 e. The van der Waals surface area contributed by atoms with Crippen LogP contribution in [0, 0.1) is 12.3 Å². The lowest BCUT2D eigenvalue weighted by atomic mass is 10.4. The van der Waals surface area contributed by atoms with Crippen molar-refractivity contribution in [3.63, 3.8) is 0 Å². The number of aliphatic carboxylic acids is 1. The number of hydrogen-bond donors (Lipinski definition) is 3. The van der Waals surface area contributed by atoms with E-state index in [2.05, 4.69) is 45.6 Å². The van der Waals surface area contributed by atoms with Gasteiger partial charge in [0.15, 0.2) is 0 Å². The van der Waals surface area contributed by atoms with Gasteiger partial charge in [0.25, 0.3) is 29.6 Å². The SMILES string of the molecule is C#CC.CC.CC.CC.CC.CC.CC.CC.CC(=O)O.CC(=O)ON1C(=O)CCC1=O.CN.CN1C(=O)C=CC1=O.CN=[N+]=[N-].CS. The van der Waals surface area contributed by atoms with Gasteiger partial charge in [-0.15, -0.1) is 17.4 Å². The number of carbonyl (C=O) groups is 6. The van der Waals surface area contributed by atoms with E-state index in [9.17, 15) is 24.0 Å². The minimum atomic E-state index is -0.833. The third-order valence-electron chi connectivity index (χ3n) is 2.34. The van der Waals surface area contributed by atoms with E-state index in [4.69, 9.17) is 15.4 Å². The number of likely N-dealkylation sites (N-methyl/N-ethyl adjacent to an activating group) is 1. The van der Waals surface area contributed by atoms with Crippen LogP contribution in [-0.4, -0.2) is 78.0 Å². The molecule has 290 valence electrons. The zero-order valence-corrected chi connectivity index (χ0v) is 35.1. The normalized spacial score (nSPS) is 9.21. The lowest BCUT2D eigenvalue weighted by Gasteiger charge is -2.09. The predicted octanol–water partition coefficient (Wildman–Crippen LogP) is 8.12. The number of rotatable bonds is 1. The summed E-state index contributed by atoms with van der Waals surface area (Å²) in [5.74, 6) is -0.631. The monoisotopic (exact) mass is 715 g/mol. The molecular weight excluding hydrogens is 640 g/mol. The van der Waals surface area contributed by atoms with Crippen LogP contribution in [0.2, 0.25) is 0 Å². The van der Waals surface area contributed by atoms with E-state index in [0.29, 0.717) is 5.06 Å². The predicted molar refractivity (Wildman–Crippen MR) is 207 cm³/mol. The summed E-state index contributed by atoms with van der Waals surface area (Å²) in [6.45, 7) is 31.9. The van der Waals surface area contributed by atoms with Crippen LogP contribution in [0.1, 0.15) is 131 Å². The van der Waals surface area contributed by atoms with E-state index in [1.807, 2.05) is 96.9 Å². The molecule has 2 heterocycles. The fourth-order valence-electron chi connectivity index (χ4n) is 1.26. The number of hydrogen-bond acceptors (Lipinski definition) is 10. The van der Waals surface area contributed by atoms with E-state index >= 15 is 0 Å². The average molecular weight is 715 g/mol. The maximum atomic E-state index is 10.7. The van der Waals surface area contributed by atoms with Crippen molar-refractivity contribution in [3.8, 4) is 12.3 Å². The lowest BCUT2D eigenvalue weighted by Crippen LogP contribution is -2.30. The van der Waals surface area contributed by atoms with E-state index in [0.717, 1.165) is 18.7 Å². The molecule has 0 atom stereocenters. The molecule has 14 nitrogen and oxygen atoms in total. The number of thiol groups is 1. The Morgan fingerprint density at radius 2 is 1.02 bits per heavy atom. The zero-order valence-electron chi connectivity index (χ0n) is 34.2. The molecule has 0 aromatic rings. The van der Waals surface area contributed by atoms with Gasteiger partial charge in [0.2, 0.25) is 0 Å². The van der Waals surface area contributed by atoms with Crippen molar-refractivity contribution in [2.75, 3.05) is 27.4 Å². The summed E-state index contributed by atoms with van der Waals surface area (Å²) in [5.41, 5.74) is 11.8. The number of carboxylic acid groups (broad SMARTS) is 1. The molecule has 3 N–H and O–H groups in total. The summed E-state index contributed by atoms with van der Waals surface area (Å²) in [6, 6.07) is 0. The third kappa shape index (κ3) is 96.8. The maximum Gasteiger partial charge on any atom is 0.330 e. The number of nitrogens with two attached hydrogens (primary N) is 1. The molecule has 48 heavy (non-hydrogen) atoms. The van der Waals surface area contributed by atoms with E-state index < -0.39 is 23.8 Å². The van der Waals surface area contributed by atoms with E-state index in [1.54, 1.807) is 13.2 Å². The van der Waals surface area contributed by atoms with E-state index in [-0.39, 0.29) is 24.7 Å². The molecule has 1 saturated heterocycles. The highest BCUT2D eigenvalue weighted by Crippen LogP contribution is 2.11. The number of nitrogens with zero attached hydrogens (tertiary/aromatic N) is 5. The first-order valence-electron chi connectivity index (χ1n) is 16.0. The summed E-state index contributed by atoms with van der Waals surface area (Å²) in [5, 5.41) is 10.8. The Morgan fingerprint density at radius 3 is 1.12 bits per heavy atom. The molecule has 15 heteroatoms. The quantitative estimate of drug-likeness (QED) is 0.0596. The van der Waals surface area contributed by atoms with Crippen molar-refractivity contribution in [1.29, 1.82) is 0 Å². The molecule has 2 aliphatic heterocycles. The van der Waals surface area contributed by atoms with Gasteiger partial charge in [0.05, 0.1) is 0 Å². The molecular formula is C33H74N6O8S. The van der Waals surface area contributed by atoms with Gasteiger partial charge in [-0.1, -0.05) is 102 Å². The van der Waals surface area contributed by atoms with Gasteiger partial charge >= 0.3 is 5.97 Å². The van der Waals surface area contributed by atoms with Crippen molar-refractivity contribution >= 4 is 48.2 Å². The van der Waals surface area contributed by atoms with Gasteiger partial charge in [-0.3, -0.25) is 28.9 Å². The molecule has 0 unspecified atom stereocenters. The molecule has 2 aliphatic rings. The number of imide groups is 2. The van der Waals surface area contributed by atoms with E-state index in [1.165, 1.54) is 33.3 Å². The Kier molecular flexibility index (Phi) is 160. The average Bonchev–Trinajstić information content (AvgIpc) is 3.62. The van der Waals surface area contributed by atoms with Crippen LogP contribution in [0.3, 0.4) is 0 Å². The molecule has 0 aromatic carbocycles. The van der Waals surface area contributed by atoms with Gasteiger partial charge in [0, 0.05) is 57.8 Å². The van der Waals surface area contributed by atoms with Gasteiger partial charge < -0.3 is 15.7 Å². The standard InChI is InChI=1S/C6H7NO4.C5H5NO2.C3H4.C2H4O2.7C2H6.CH3N3.CH5N.CH4S/c1-4(8)11-7-5(9)2-3-6(7)10;1-6-4(7)2-3-5(6)8;1-3-2;1-2(3)4;7*1-2;1-3-4-2;2*1-2/h2-3H2,1H3;2-3H,1H3;1H,2H3;1H3,(H,3,4);7*1-2H3;1H3;2H2,1H3;2H,1H3. The van der Waals surface area contributed by atoms with Crippen LogP contribution in [0.4, 0.5) is 0 Å². The first-order valence-corrected chi connectivity index (χ1v) is 16.8. The molecule has 4 amide bonds. The summed E-state index contributed by atoms with van der Waals surface area (Å²) in [4.78, 5) is 69.4. The fourth-order valence-corrected chi connectivity index (χ4v) is 1.26. The van der Waals surface area contributed by atoms with Crippen molar-refractivity contribution in [2.24, 2.45) is 10.8 Å². The Morgan fingerprint density at radius 1 is 0.833 bits per heavy atom. The number of hydroxylamine groups is 2. The molecule has 0 aliphatic carbocycles. The Bertz CT molecular complexity index is 745. The van der Waals surface area contributed by atoms with Gasteiger partial charge in [-0.05, 0) is 25.8 Å². The van der Waals surface area contributed by atoms with Gasteiger partial charge in [0.1, 0.15) is 0 Å². The third-order valence-corrected chi connectivity index (χ3v) is 2.34. The summed E-state index contributed by atoms with van der Waals surface area (Å²) in [6.07, 6.45) is 9.06. The Hall–Kier alpha value is -3.86. The molecule has 2 rings (SSSR count). The second-order valence-electron chi connectivity index (χ2n) is 4.83. The van der Waals surface area contributed by atoms with Crippen molar-refractivity contribution < 1.29 is 38.7 Å². The van der Waals surface area contributed by atoms with Crippen LogP contribution in [0.15, 0.2) is 17.3 Å². The topological polar surface area (TPSA) is 213 Å². The minimum absolute atomic E-state index is 0.131. The zero-order chi connectivity index (χ0) is 42.3. The largest absolute Gasteiger partial charge is 0.481 e. The molecule has 0 bridgehead atoms. The van der Waals surface area contributed by atoms with Gasteiger partial charge in [-0.25, -0.2) is 4.79 Å². The number of azide groups is 1. The molecule has 0 aromatic heterocycles. The van der Waals surface area contributed by atoms with Crippen molar-refractivity contribution in [3.05, 3.63) is 22.6 Å².